The lowest BCUT2D eigenvalue weighted by Gasteiger charge is -2.26. The summed E-state index contributed by atoms with van der Waals surface area (Å²) in [5.74, 6) is -1.64. The average Bonchev–Trinajstić information content (AvgIpc) is 2.93. The van der Waals surface area contributed by atoms with Crippen molar-refractivity contribution in [2.24, 2.45) is 0 Å². The van der Waals surface area contributed by atoms with Gasteiger partial charge in [-0.05, 0) is 79.9 Å². The molecule has 0 radical (unpaired) electrons. The van der Waals surface area contributed by atoms with E-state index in [1.54, 1.807) is 19.1 Å². The van der Waals surface area contributed by atoms with Gasteiger partial charge in [-0.15, -0.1) is 0 Å². The molecule has 2 N–H and O–H groups in total. The SMILES string of the molecule is CCOc1cc(/C=C2/C(=O)NC(=O)N(c3ccc([N+](=O)[O-])cc3)C2=O)ccc1OCC(=O)Nc1ccc(C)c(C)c1. The van der Waals surface area contributed by atoms with Crippen molar-refractivity contribution in [1.29, 1.82) is 0 Å². The Morgan fingerprint density at radius 2 is 1.71 bits per heavy atom. The molecule has 0 aliphatic carbocycles. The number of hydrogen-bond acceptors (Lipinski definition) is 8. The van der Waals surface area contributed by atoms with Gasteiger partial charge in [0.15, 0.2) is 18.1 Å². The van der Waals surface area contributed by atoms with Crippen LogP contribution in [0.1, 0.15) is 23.6 Å². The molecule has 0 unspecified atom stereocenters. The second-order valence-electron chi connectivity index (χ2n) is 9.01. The van der Waals surface area contributed by atoms with Crippen molar-refractivity contribution in [2.75, 3.05) is 23.4 Å². The van der Waals surface area contributed by atoms with Crippen LogP contribution >= 0.6 is 0 Å². The van der Waals surface area contributed by atoms with E-state index in [1.165, 1.54) is 30.3 Å². The number of nitrogens with zero attached hydrogens (tertiary/aromatic N) is 2. The molecule has 1 aliphatic rings. The van der Waals surface area contributed by atoms with Crippen LogP contribution in [0.4, 0.5) is 21.9 Å². The van der Waals surface area contributed by atoms with E-state index in [-0.39, 0.29) is 47.6 Å². The Morgan fingerprint density at radius 1 is 0.976 bits per heavy atom. The highest BCUT2D eigenvalue weighted by atomic mass is 16.6. The maximum atomic E-state index is 13.2. The molecule has 1 saturated heterocycles. The van der Waals surface area contributed by atoms with Crippen molar-refractivity contribution in [2.45, 2.75) is 20.8 Å². The minimum Gasteiger partial charge on any atom is -0.490 e. The van der Waals surface area contributed by atoms with Gasteiger partial charge in [0.1, 0.15) is 5.57 Å². The quantitative estimate of drug-likeness (QED) is 0.170. The Bertz CT molecular complexity index is 1580. The lowest BCUT2D eigenvalue weighted by molar-refractivity contribution is -0.384. The molecule has 210 valence electrons. The van der Waals surface area contributed by atoms with Gasteiger partial charge in [0.2, 0.25) is 0 Å². The highest BCUT2D eigenvalue weighted by Crippen LogP contribution is 2.31. The van der Waals surface area contributed by atoms with Crippen molar-refractivity contribution in [1.82, 2.24) is 5.32 Å². The molecule has 3 aromatic rings. The Kier molecular flexibility index (Phi) is 8.42. The van der Waals surface area contributed by atoms with E-state index in [0.29, 0.717) is 16.2 Å². The van der Waals surface area contributed by atoms with E-state index in [0.717, 1.165) is 23.3 Å². The molecule has 0 bridgehead atoms. The molecule has 0 atom stereocenters. The van der Waals surface area contributed by atoms with Crippen LogP contribution in [0.25, 0.3) is 6.08 Å². The van der Waals surface area contributed by atoms with Gasteiger partial charge < -0.3 is 14.8 Å². The number of nitrogens with one attached hydrogen (secondary N) is 2. The van der Waals surface area contributed by atoms with E-state index >= 15 is 0 Å². The lowest BCUT2D eigenvalue weighted by atomic mass is 10.1. The third-order valence-electron chi connectivity index (χ3n) is 6.15. The van der Waals surface area contributed by atoms with Gasteiger partial charge in [-0.2, -0.15) is 0 Å². The summed E-state index contributed by atoms with van der Waals surface area (Å²) in [5.41, 5.74) is 2.66. The standard InChI is InChI=1S/C29H26N4O8/c1-4-40-25-15-19(6-12-24(25)41-16-26(34)30-20-7-5-17(2)18(3)13-20)14-23-27(35)31-29(37)32(28(23)36)21-8-10-22(11-9-21)33(38)39/h5-15H,4,16H2,1-3H3,(H,30,34)(H,31,35,37)/b23-14-. The predicted octanol–water partition coefficient (Wildman–Crippen LogP) is 4.29. The molecule has 1 heterocycles. The normalized spacial score (nSPS) is 14.1. The molecule has 5 amide bonds. The number of carbonyl (C=O) groups is 4. The van der Waals surface area contributed by atoms with Gasteiger partial charge in [0.05, 0.1) is 17.2 Å². The summed E-state index contributed by atoms with van der Waals surface area (Å²) in [6.07, 6.45) is 1.28. The average molecular weight is 559 g/mol. The van der Waals surface area contributed by atoms with E-state index in [4.69, 9.17) is 9.47 Å². The van der Waals surface area contributed by atoms with Crippen molar-refractivity contribution < 1.29 is 33.6 Å². The Balaban J connectivity index is 1.52. The lowest BCUT2D eigenvalue weighted by Crippen LogP contribution is -2.54. The monoisotopic (exact) mass is 558 g/mol. The Morgan fingerprint density at radius 3 is 2.37 bits per heavy atom. The molecule has 12 heteroatoms. The van der Waals surface area contributed by atoms with Crippen LogP contribution in [-0.4, -0.2) is 41.9 Å². The molecular weight excluding hydrogens is 532 g/mol. The maximum absolute atomic E-state index is 13.2. The first-order chi connectivity index (χ1) is 19.6. The van der Waals surface area contributed by atoms with Gasteiger partial charge in [-0.1, -0.05) is 12.1 Å². The summed E-state index contributed by atoms with van der Waals surface area (Å²) < 4.78 is 11.3. The van der Waals surface area contributed by atoms with Crippen LogP contribution < -0.4 is 25.0 Å². The van der Waals surface area contributed by atoms with E-state index in [1.807, 2.05) is 26.0 Å². The maximum Gasteiger partial charge on any atom is 0.335 e. The number of imide groups is 2. The number of amides is 5. The fourth-order valence-electron chi connectivity index (χ4n) is 3.94. The second-order valence-corrected chi connectivity index (χ2v) is 9.01. The van der Waals surface area contributed by atoms with Crippen LogP contribution in [-0.2, 0) is 14.4 Å². The number of benzene rings is 3. The second kappa shape index (κ2) is 12.1. The zero-order valence-corrected chi connectivity index (χ0v) is 22.4. The highest BCUT2D eigenvalue weighted by molar-refractivity contribution is 6.39. The highest BCUT2D eigenvalue weighted by Gasteiger charge is 2.37. The zero-order chi connectivity index (χ0) is 29.7. The Hall–Kier alpha value is -5.52. The molecule has 0 aromatic heterocycles. The van der Waals surface area contributed by atoms with Crippen molar-refractivity contribution in [3.63, 3.8) is 0 Å². The van der Waals surface area contributed by atoms with Gasteiger partial charge >= 0.3 is 6.03 Å². The summed E-state index contributed by atoms with van der Waals surface area (Å²) in [6, 6.07) is 14.0. The number of nitro groups is 1. The predicted molar refractivity (Wildman–Crippen MR) is 150 cm³/mol. The van der Waals surface area contributed by atoms with Gasteiger partial charge in [0, 0.05) is 17.8 Å². The summed E-state index contributed by atoms with van der Waals surface area (Å²) in [5, 5.41) is 15.8. The zero-order valence-electron chi connectivity index (χ0n) is 22.4. The van der Waals surface area contributed by atoms with E-state index in [2.05, 4.69) is 10.6 Å². The number of non-ortho nitro benzene ring substituents is 1. The van der Waals surface area contributed by atoms with Crippen LogP contribution in [0, 0.1) is 24.0 Å². The van der Waals surface area contributed by atoms with Crippen LogP contribution in [0.5, 0.6) is 11.5 Å². The smallest absolute Gasteiger partial charge is 0.335 e. The van der Waals surface area contributed by atoms with E-state index in [9.17, 15) is 29.3 Å². The third-order valence-corrected chi connectivity index (χ3v) is 6.15. The first-order valence-corrected chi connectivity index (χ1v) is 12.5. The molecule has 1 aliphatic heterocycles. The molecule has 0 spiro atoms. The van der Waals surface area contributed by atoms with Crippen molar-refractivity contribution in [3.8, 4) is 11.5 Å². The number of rotatable bonds is 9. The Labute approximate surface area is 234 Å². The third kappa shape index (κ3) is 6.56. The van der Waals surface area contributed by atoms with Gasteiger partial charge in [-0.3, -0.25) is 29.8 Å². The van der Waals surface area contributed by atoms with Crippen LogP contribution in [0.15, 0.2) is 66.2 Å². The summed E-state index contributed by atoms with van der Waals surface area (Å²) >= 11 is 0. The summed E-state index contributed by atoms with van der Waals surface area (Å²) in [6.45, 7) is 5.66. The van der Waals surface area contributed by atoms with Crippen molar-refractivity contribution >= 4 is 46.9 Å². The fourth-order valence-corrected chi connectivity index (χ4v) is 3.94. The molecule has 0 saturated carbocycles. The summed E-state index contributed by atoms with van der Waals surface area (Å²) in [7, 11) is 0. The number of barbiturate groups is 1. The largest absolute Gasteiger partial charge is 0.490 e. The minimum absolute atomic E-state index is 0.0503. The molecule has 41 heavy (non-hydrogen) atoms. The molecular formula is C29H26N4O8. The molecule has 3 aromatic carbocycles. The topological polar surface area (TPSA) is 157 Å². The number of carbonyl (C=O) groups excluding carboxylic acids is 4. The molecule has 1 fully saturated rings. The fraction of sp³-hybridized carbons (Fsp3) is 0.172. The van der Waals surface area contributed by atoms with Gasteiger partial charge in [-0.25, -0.2) is 9.69 Å². The molecule has 4 rings (SSSR count). The van der Waals surface area contributed by atoms with Gasteiger partial charge in [0.25, 0.3) is 23.4 Å². The van der Waals surface area contributed by atoms with Crippen molar-refractivity contribution in [3.05, 3.63) is 93.0 Å². The first kappa shape index (κ1) is 28.5. The number of aryl methyl sites for hydroxylation is 2. The number of nitro benzene ring substituents is 1. The minimum atomic E-state index is -0.983. The van der Waals surface area contributed by atoms with E-state index < -0.39 is 22.8 Å². The van der Waals surface area contributed by atoms with Crippen LogP contribution in [0.3, 0.4) is 0 Å². The molecule has 12 nitrogen and oxygen atoms in total. The number of ether oxygens (including phenoxy) is 2. The van der Waals surface area contributed by atoms with Crippen LogP contribution in [0.2, 0.25) is 0 Å². The number of hydrogen-bond donors (Lipinski definition) is 2. The first-order valence-electron chi connectivity index (χ1n) is 12.5. The number of anilines is 2. The number of urea groups is 1. The summed E-state index contributed by atoms with van der Waals surface area (Å²) in [4.78, 5) is 61.6.